The normalized spacial score (nSPS) is 13.8. The van der Waals surface area contributed by atoms with Gasteiger partial charge in [-0.15, -0.1) is 11.3 Å². The Bertz CT molecular complexity index is 1480. The SMILES string of the molecule is CC.CCCN(Cc1cccc(C(=O)Nc2nc3c(s2)CC(NC(=O)C(F)(F)F)CC3)c1)C(=O)Nc1cccc(C#N)c1. The second-order valence-electron chi connectivity index (χ2n) is 9.50. The molecule has 0 aliphatic heterocycles. The molecule has 1 heterocycles. The Morgan fingerprint density at radius 2 is 1.86 bits per heavy atom. The standard InChI is InChI=1S/C28H27F3N6O3S.C2H6/c1-2-11-37(27(40)34-20-8-4-5-17(13-20)15-32)16-18-6-3-7-19(12-18)24(38)36-26-35-22-10-9-21(14-23(22)41-26)33-25(39)28(29,30)31;1-2/h3-8,12-13,21H,2,9-11,14,16H2,1H3,(H,33,39)(H,34,40)(H,35,36,38);1-2H3. The first-order valence-corrected chi connectivity index (χ1v) is 14.7. The van der Waals surface area contributed by atoms with Crippen LogP contribution in [0.15, 0.2) is 48.5 Å². The van der Waals surface area contributed by atoms with E-state index in [1.807, 2.05) is 32.2 Å². The molecule has 1 unspecified atom stereocenters. The lowest BCUT2D eigenvalue weighted by Crippen LogP contribution is -2.45. The van der Waals surface area contributed by atoms with Crippen molar-refractivity contribution in [2.24, 2.45) is 0 Å². The lowest BCUT2D eigenvalue weighted by atomic mass is 9.97. The maximum absolute atomic E-state index is 13.0. The van der Waals surface area contributed by atoms with Crippen molar-refractivity contribution < 1.29 is 27.6 Å². The molecule has 0 radical (unpaired) electrons. The van der Waals surface area contributed by atoms with Crippen molar-refractivity contribution in [1.29, 1.82) is 5.26 Å². The second-order valence-corrected chi connectivity index (χ2v) is 10.6. The number of carbonyl (C=O) groups is 3. The zero-order chi connectivity index (χ0) is 31.6. The van der Waals surface area contributed by atoms with Crippen LogP contribution in [0.2, 0.25) is 0 Å². The Hall–Kier alpha value is -4.44. The molecule has 0 saturated heterocycles. The molecular formula is C30H33F3N6O3S. The minimum atomic E-state index is -4.94. The predicted molar refractivity (Wildman–Crippen MR) is 159 cm³/mol. The number of fused-ring (bicyclic) bond motifs is 1. The number of urea groups is 1. The average Bonchev–Trinajstić information content (AvgIpc) is 3.39. The van der Waals surface area contributed by atoms with Crippen molar-refractivity contribution in [3.63, 3.8) is 0 Å². The fourth-order valence-electron chi connectivity index (χ4n) is 4.41. The van der Waals surface area contributed by atoms with Gasteiger partial charge in [0.25, 0.3) is 5.91 Å². The topological polar surface area (TPSA) is 127 Å². The molecule has 1 aromatic heterocycles. The number of hydrogen-bond donors (Lipinski definition) is 3. The maximum Gasteiger partial charge on any atom is 0.471 e. The first-order valence-electron chi connectivity index (χ1n) is 13.9. The van der Waals surface area contributed by atoms with Crippen LogP contribution >= 0.6 is 11.3 Å². The van der Waals surface area contributed by atoms with E-state index in [9.17, 15) is 27.6 Å². The second kappa shape index (κ2) is 15.2. The molecule has 0 spiro atoms. The Balaban J connectivity index is 0.00000248. The molecule has 228 valence electrons. The van der Waals surface area contributed by atoms with Gasteiger partial charge in [-0.25, -0.2) is 9.78 Å². The minimum absolute atomic E-state index is 0.205. The smallest absolute Gasteiger partial charge is 0.345 e. The number of amides is 4. The van der Waals surface area contributed by atoms with Gasteiger partial charge >= 0.3 is 18.1 Å². The van der Waals surface area contributed by atoms with Crippen LogP contribution in [0.1, 0.15) is 65.7 Å². The predicted octanol–water partition coefficient (Wildman–Crippen LogP) is 6.27. The lowest BCUT2D eigenvalue weighted by molar-refractivity contribution is -0.174. The summed E-state index contributed by atoms with van der Waals surface area (Å²) in [6.07, 6.45) is -3.32. The van der Waals surface area contributed by atoms with Crippen LogP contribution in [-0.2, 0) is 24.2 Å². The molecule has 43 heavy (non-hydrogen) atoms. The molecular weight excluding hydrogens is 581 g/mol. The molecule has 2 aromatic carbocycles. The van der Waals surface area contributed by atoms with E-state index in [2.05, 4.69) is 15.6 Å². The number of carbonyl (C=O) groups excluding carboxylic acids is 3. The molecule has 4 rings (SSSR count). The van der Waals surface area contributed by atoms with Crippen LogP contribution in [0, 0.1) is 11.3 Å². The molecule has 0 fully saturated rings. The monoisotopic (exact) mass is 614 g/mol. The molecule has 3 aromatic rings. The third-order valence-corrected chi connectivity index (χ3v) is 7.37. The summed E-state index contributed by atoms with van der Waals surface area (Å²) in [4.78, 5) is 44.0. The fourth-order valence-corrected chi connectivity index (χ4v) is 5.49. The number of aryl methyl sites for hydroxylation is 1. The number of rotatable bonds is 8. The summed E-state index contributed by atoms with van der Waals surface area (Å²) >= 11 is 1.17. The van der Waals surface area contributed by atoms with Crippen molar-refractivity contribution >= 4 is 40.0 Å². The van der Waals surface area contributed by atoms with Gasteiger partial charge in [0.15, 0.2) is 5.13 Å². The van der Waals surface area contributed by atoms with Gasteiger partial charge in [-0.3, -0.25) is 14.9 Å². The van der Waals surface area contributed by atoms with E-state index in [1.165, 1.54) is 11.3 Å². The van der Waals surface area contributed by atoms with E-state index in [4.69, 9.17) is 5.26 Å². The minimum Gasteiger partial charge on any atom is -0.345 e. The Morgan fingerprint density at radius 1 is 1.12 bits per heavy atom. The zero-order valence-electron chi connectivity index (χ0n) is 24.0. The molecule has 3 N–H and O–H groups in total. The molecule has 0 bridgehead atoms. The number of alkyl halides is 3. The van der Waals surface area contributed by atoms with Gasteiger partial charge in [-0.2, -0.15) is 18.4 Å². The van der Waals surface area contributed by atoms with E-state index in [0.29, 0.717) is 58.3 Å². The molecule has 13 heteroatoms. The highest BCUT2D eigenvalue weighted by molar-refractivity contribution is 7.15. The van der Waals surface area contributed by atoms with E-state index >= 15 is 0 Å². The average molecular weight is 615 g/mol. The molecule has 9 nitrogen and oxygen atoms in total. The first kappa shape index (κ1) is 33.1. The summed E-state index contributed by atoms with van der Waals surface area (Å²) in [6, 6.07) is 14.5. The van der Waals surface area contributed by atoms with E-state index in [0.717, 1.165) is 5.56 Å². The van der Waals surface area contributed by atoms with Crippen LogP contribution in [-0.4, -0.2) is 46.5 Å². The largest absolute Gasteiger partial charge is 0.471 e. The molecule has 1 aliphatic carbocycles. The van der Waals surface area contributed by atoms with E-state index < -0.39 is 24.0 Å². The third-order valence-electron chi connectivity index (χ3n) is 6.34. The van der Waals surface area contributed by atoms with Crippen LogP contribution in [0.4, 0.5) is 28.8 Å². The first-order chi connectivity index (χ1) is 20.5. The molecule has 1 aliphatic rings. The number of hydrogen-bond acceptors (Lipinski definition) is 6. The highest BCUT2D eigenvalue weighted by atomic mass is 32.1. The summed E-state index contributed by atoms with van der Waals surface area (Å²) in [5.41, 5.74) is 2.71. The van der Waals surface area contributed by atoms with Crippen molar-refractivity contribution in [2.75, 3.05) is 17.2 Å². The van der Waals surface area contributed by atoms with Crippen LogP contribution < -0.4 is 16.0 Å². The summed E-state index contributed by atoms with van der Waals surface area (Å²) < 4.78 is 37.8. The van der Waals surface area contributed by atoms with Gasteiger partial charge in [0.2, 0.25) is 0 Å². The lowest BCUT2D eigenvalue weighted by Gasteiger charge is -2.23. The Labute approximate surface area is 252 Å². The molecule has 4 amide bonds. The Morgan fingerprint density at radius 3 is 2.56 bits per heavy atom. The van der Waals surface area contributed by atoms with E-state index in [1.54, 1.807) is 53.4 Å². The van der Waals surface area contributed by atoms with Crippen LogP contribution in [0.25, 0.3) is 0 Å². The van der Waals surface area contributed by atoms with Gasteiger partial charge in [-0.1, -0.05) is 39.0 Å². The van der Waals surface area contributed by atoms with Crippen LogP contribution in [0.3, 0.4) is 0 Å². The van der Waals surface area contributed by atoms with Gasteiger partial charge in [0.1, 0.15) is 0 Å². The number of anilines is 2. The fraction of sp³-hybridized carbons (Fsp3) is 0.367. The number of thiazole rings is 1. The van der Waals surface area contributed by atoms with Gasteiger partial charge in [0.05, 0.1) is 17.3 Å². The quantitative estimate of drug-likeness (QED) is 0.276. The maximum atomic E-state index is 13.0. The summed E-state index contributed by atoms with van der Waals surface area (Å²) in [6.45, 7) is 6.66. The number of halogens is 3. The highest BCUT2D eigenvalue weighted by Gasteiger charge is 2.40. The molecule has 0 saturated carbocycles. The highest BCUT2D eigenvalue weighted by Crippen LogP contribution is 2.30. The number of nitrogens with one attached hydrogen (secondary N) is 3. The Kier molecular flexibility index (Phi) is 11.7. The van der Waals surface area contributed by atoms with Crippen molar-refractivity contribution in [1.82, 2.24) is 15.2 Å². The van der Waals surface area contributed by atoms with Crippen molar-refractivity contribution in [3.8, 4) is 6.07 Å². The van der Waals surface area contributed by atoms with E-state index in [-0.39, 0.29) is 19.0 Å². The van der Waals surface area contributed by atoms with Gasteiger partial charge in [-0.05, 0) is 55.2 Å². The number of nitriles is 1. The number of benzene rings is 2. The number of aromatic nitrogens is 1. The zero-order valence-corrected chi connectivity index (χ0v) is 24.9. The van der Waals surface area contributed by atoms with Crippen molar-refractivity contribution in [2.45, 2.75) is 65.2 Å². The third kappa shape index (κ3) is 9.27. The van der Waals surface area contributed by atoms with Crippen molar-refractivity contribution in [3.05, 3.63) is 75.8 Å². The van der Waals surface area contributed by atoms with Crippen LogP contribution in [0.5, 0.6) is 0 Å². The van der Waals surface area contributed by atoms with Gasteiger partial charge in [0, 0.05) is 41.7 Å². The summed E-state index contributed by atoms with van der Waals surface area (Å²) in [5, 5.41) is 17.0. The summed E-state index contributed by atoms with van der Waals surface area (Å²) in [5.74, 6) is -2.38. The number of nitrogens with zero attached hydrogens (tertiary/aromatic N) is 3. The molecule has 1 atom stereocenters. The van der Waals surface area contributed by atoms with Gasteiger partial charge < -0.3 is 15.5 Å². The summed E-state index contributed by atoms with van der Waals surface area (Å²) in [7, 11) is 0.